The van der Waals surface area contributed by atoms with Crippen LogP contribution < -0.4 is 16.0 Å². The molecular weight excluding hydrogens is 460 g/mol. The quantitative estimate of drug-likeness (QED) is 0.283. The van der Waals surface area contributed by atoms with E-state index in [0.717, 1.165) is 49.6 Å². The highest BCUT2D eigenvalue weighted by Crippen LogP contribution is 2.36. The summed E-state index contributed by atoms with van der Waals surface area (Å²) in [5, 5.41) is 13.4. The van der Waals surface area contributed by atoms with Crippen LogP contribution in [0.15, 0.2) is 48.5 Å². The number of carbonyl (C=O) groups is 2. The van der Waals surface area contributed by atoms with E-state index in [1.807, 2.05) is 12.1 Å². The first-order valence-corrected chi connectivity index (χ1v) is 11.8. The van der Waals surface area contributed by atoms with Gasteiger partial charge >= 0.3 is 0 Å². The number of nitrogens with zero attached hydrogens (tertiary/aromatic N) is 2. The van der Waals surface area contributed by atoms with E-state index in [2.05, 4.69) is 22.2 Å². The molecule has 0 spiro atoms. The Labute approximate surface area is 201 Å². The molecule has 2 aromatic carbocycles. The Kier molecular flexibility index (Phi) is 6.88. The molecule has 172 valence electrons. The van der Waals surface area contributed by atoms with E-state index in [1.165, 1.54) is 12.1 Å². The SMILES string of the molecule is CN1CCCN(c2ccc(C(=O)Nc3c(N)ccc(C(=O)c4ccc(Cl)s4)c3O)cc2)CC1. The van der Waals surface area contributed by atoms with E-state index in [0.29, 0.717) is 14.8 Å². The van der Waals surface area contributed by atoms with Gasteiger partial charge in [0.05, 0.1) is 20.5 Å². The summed E-state index contributed by atoms with van der Waals surface area (Å²) in [7, 11) is 2.12. The second-order valence-corrected chi connectivity index (χ2v) is 9.72. The molecule has 7 nitrogen and oxygen atoms in total. The summed E-state index contributed by atoms with van der Waals surface area (Å²) in [6.07, 6.45) is 1.09. The largest absolute Gasteiger partial charge is 0.505 e. The van der Waals surface area contributed by atoms with Gasteiger partial charge in [-0.1, -0.05) is 11.6 Å². The number of rotatable bonds is 5. The fourth-order valence-corrected chi connectivity index (χ4v) is 4.80. The van der Waals surface area contributed by atoms with Crippen molar-refractivity contribution in [1.29, 1.82) is 0 Å². The van der Waals surface area contributed by atoms with Crippen molar-refractivity contribution < 1.29 is 14.7 Å². The number of halogens is 1. The molecule has 33 heavy (non-hydrogen) atoms. The molecule has 3 aromatic rings. The van der Waals surface area contributed by atoms with E-state index in [1.54, 1.807) is 24.3 Å². The topological polar surface area (TPSA) is 98.9 Å². The second kappa shape index (κ2) is 9.82. The van der Waals surface area contributed by atoms with Crippen LogP contribution >= 0.6 is 22.9 Å². The molecule has 0 bridgehead atoms. The number of thiophene rings is 1. The maximum atomic E-state index is 12.9. The van der Waals surface area contributed by atoms with Crippen molar-refractivity contribution >= 4 is 51.7 Å². The lowest BCUT2D eigenvalue weighted by Gasteiger charge is -2.23. The minimum absolute atomic E-state index is 0.00753. The van der Waals surface area contributed by atoms with Crippen LogP contribution in [-0.2, 0) is 0 Å². The van der Waals surface area contributed by atoms with Gasteiger partial charge in [0.1, 0.15) is 5.69 Å². The zero-order valence-corrected chi connectivity index (χ0v) is 19.7. The van der Waals surface area contributed by atoms with Crippen LogP contribution in [0.3, 0.4) is 0 Å². The van der Waals surface area contributed by atoms with Crippen LogP contribution in [0, 0.1) is 0 Å². The molecule has 1 aromatic heterocycles. The number of anilines is 3. The molecule has 1 amide bonds. The summed E-state index contributed by atoms with van der Waals surface area (Å²) in [6.45, 7) is 3.97. The van der Waals surface area contributed by atoms with E-state index < -0.39 is 11.7 Å². The summed E-state index contributed by atoms with van der Waals surface area (Å²) in [4.78, 5) is 30.6. The maximum Gasteiger partial charge on any atom is 0.255 e. The molecule has 0 radical (unpaired) electrons. The Morgan fingerprint density at radius 1 is 1.03 bits per heavy atom. The number of likely N-dealkylation sites (N-methyl/N-ethyl adjacent to an activating group) is 1. The Morgan fingerprint density at radius 2 is 1.79 bits per heavy atom. The Bertz CT molecular complexity index is 1180. The number of amides is 1. The van der Waals surface area contributed by atoms with Crippen LogP contribution in [0.25, 0.3) is 0 Å². The molecule has 4 rings (SSSR count). The number of hydrogen-bond donors (Lipinski definition) is 3. The average Bonchev–Trinajstić information content (AvgIpc) is 3.12. The monoisotopic (exact) mass is 484 g/mol. The molecular formula is C24H25ClN4O3S. The summed E-state index contributed by atoms with van der Waals surface area (Å²) in [5.74, 6) is -1.20. The average molecular weight is 485 g/mol. The molecule has 0 aliphatic carbocycles. The van der Waals surface area contributed by atoms with Crippen LogP contribution in [0.1, 0.15) is 32.0 Å². The summed E-state index contributed by atoms with van der Waals surface area (Å²) >= 11 is 7.04. The Morgan fingerprint density at radius 3 is 2.48 bits per heavy atom. The van der Waals surface area contributed by atoms with Gasteiger partial charge in [-0.3, -0.25) is 9.59 Å². The summed E-state index contributed by atoms with van der Waals surface area (Å²) in [6, 6.07) is 13.5. The second-order valence-electron chi connectivity index (χ2n) is 8.00. The highest BCUT2D eigenvalue weighted by molar-refractivity contribution is 7.18. The number of ketones is 1. The lowest BCUT2D eigenvalue weighted by atomic mass is 10.1. The van der Waals surface area contributed by atoms with Crippen LogP contribution in [-0.4, -0.2) is 54.9 Å². The fraction of sp³-hybridized carbons (Fsp3) is 0.250. The first-order valence-electron chi connectivity index (χ1n) is 10.6. The number of phenols is 1. The minimum Gasteiger partial charge on any atom is -0.505 e. The first kappa shape index (κ1) is 23.1. The third-order valence-electron chi connectivity index (χ3n) is 5.70. The highest BCUT2D eigenvalue weighted by atomic mass is 35.5. The van der Waals surface area contributed by atoms with Crippen molar-refractivity contribution in [3.05, 3.63) is 68.9 Å². The van der Waals surface area contributed by atoms with Gasteiger partial charge in [-0.05, 0) is 68.5 Å². The van der Waals surface area contributed by atoms with Crippen molar-refractivity contribution in [2.45, 2.75) is 6.42 Å². The molecule has 0 saturated carbocycles. The standard InChI is InChI=1S/C24H25ClN4O3S/c1-28-11-2-12-29(14-13-28)16-5-3-15(4-6-16)24(32)27-21-18(26)8-7-17(23(21)31)22(30)19-9-10-20(25)33-19/h3-10,31H,2,11-14,26H2,1H3,(H,27,32). The predicted molar refractivity (Wildman–Crippen MR) is 134 cm³/mol. The molecule has 1 saturated heterocycles. The molecule has 1 aliphatic heterocycles. The Hall–Kier alpha value is -3.07. The highest BCUT2D eigenvalue weighted by Gasteiger charge is 2.21. The molecule has 2 heterocycles. The van der Waals surface area contributed by atoms with Gasteiger partial charge in [-0.2, -0.15) is 0 Å². The third-order valence-corrected chi connectivity index (χ3v) is 6.93. The van der Waals surface area contributed by atoms with Crippen molar-refractivity contribution in [2.75, 3.05) is 49.2 Å². The molecule has 1 fully saturated rings. The number of benzene rings is 2. The molecule has 0 unspecified atom stereocenters. The van der Waals surface area contributed by atoms with Gasteiger partial charge in [-0.25, -0.2) is 0 Å². The van der Waals surface area contributed by atoms with E-state index in [-0.39, 0.29) is 22.7 Å². The van der Waals surface area contributed by atoms with E-state index in [9.17, 15) is 14.7 Å². The van der Waals surface area contributed by atoms with Crippen molar-refractivity contribution in [3.63, 3.8) is 0 Å². The number of phenolic OH excluding ortho intramolecular Hbond substituents is 1. The number of hydrogen-bond acceptors (Lipinski definition) is 7. The normalized spacial score (nSPS) is 14.7. The molecule has 0 atom stereocenters. The van der Waals surface area contributed by atoms with E-state index >= 15 is 0 Å². The first-order chi connectivity index (χ1) is 15.8. The van der Waals surface area contributed by atoms with Crippen molar-refractivity contribution in [1.82, 2.24) is 4.90 Å². The molecule has 4 N–H and O–H groups in total. The number of aromatic hydroxyl groups is 1. The van der Waals surface area contributed by atoms with Gasteiger partial charge < -0.3 is 26.0 Å². The maximum absolute atomic E-state index is 12.9. The zero-order valence-electron chi connectivity index (χ0n) is 18.2. The van der Waals surface area contributed by atoms with Crippen LogP contribution in [0.2, 0.25) is 4.34 Å². The van der Waals surface area contributed by atoms with Gasteiger partial charge in [-0.15, -0.1) is 11.3 Å². The van der Waals surface area contributed by atoms with Crippen LogP contribution in [0.4, 0.5) is 17.1 Å². The van der Waals surface area contributed by atoms with Gasteiger partial charge in [0.15, 0.2) is 5.75 Å². The van der Waals surface area contributed by atoms with Gasteiger partial charge in [0.2, 0.25) is 5.78 Å². The smallest absolute Gasteiger partial charge is 0.255 e. The van der Waals surface area contributed by atoms with E-state index in [4.69, 9.17) is 17.3 Å². The zero-order chi connectivity index (χ0) is 23.5. The molecule has 1 aliphatic rings. The van der Waals surface area contributed by atoms with Gasteiger partial charge in [0, 0.05) is 30.9 Å². The Balaban J connectivity index is 1.52. The predicted octanol–water partition coefficient (Wildman–Crippen LogP) is 4.31. The minimum atomic E-state index is -0.428. The van der Waals surface area contributed by atoms with Crippen molar-refractivity contribution in [2.24, 2.45) is 0 Å². The van der Waals surface area contributed by atoms with Crippen LogP contribution in [0.5, 0.6) is 5.75 Å². The molecule has 9 heteroatoms. The summed E-state index contributed by atoms with van der Waals surface area (Å²) < 4.78 is 0.470. The third kappa shape index (κ3) is 5.13. The lowest BCUT2D eigenvalue weighted by molar-refractivity contribution is 0.102. The fourth-order valence-electron chi connectivity index (χ4n) is 3.80. The number of nitrogens with two attached hydrogens (primary N) is 1. The van der Waals surface area contributed by atoms with Gasteiger partial charge in [0.25, 0.3) is 5.91 Å². The van der Waals surface area contributed by atoms with Crippen molar-refractivity contribution in [3.8, 4) is 5.75 Å². The number of nitrogens with one attached hydrogen (secondary N) is 1. The number of nitrogen functional groups attached to an aromatic ring is 1. The number of carbonyl (C=O) groups excluding carboxylic acids is 2. The summed E-state index contributed by atoms with van der Waals surface area (Å²) in [5.41, 5.74) is 7.68. The lowest BCUT2D eigenvalue weighted by Crippen LogP contribution is -2.28.